The van der Waals surface area contributed by atoms with E-state index in [-0.39, 0.29) is 6.29 Å². The Balaban J connectivity index is 1.87. The third kappa shape index (κ3) is 4.41. The number of benzene rings is 1. The van der Waals surface area contributed by atoms with Crippen LogP contribution < -0.4 is 10.6 Å². The van der Waals surface area contributed by atoms with Gasteiger partial charge in [0.2, 0.25) is 0 Å². The molecular formula is C16H27N3O2. The maximum atomic E-state index is 5.94. The predicted molar refractivity (Wildman–Crippen MR) is 85.5 cm³/mol. The van der Waals surface area contributed by atoms with Crippen molar-refractivity contribution in [3.05, 3.63) is 30.3 Å². The molecule has 1 saturated heterocycles. The molecule has 1 aromatic carbocycles. The van der Waals surface area contributed by atoms with Gasteiger partial charge in [0.1, 0.15) is 0 Å². The van der Waals surface area contributed by atoms with E-state index in [2.05, 4.69) is 40.1 Å². The fourth-order valence-electron chi connectivity index (χ4n) is 2.89. The molecule has 1 fully saturated rings. The van der Waals surface area contributed by atoms with Crippen LogP contribution in [0.3, 0.4) is 0 Å². The summed E-state index contributed by atoms with van der Waals surface area (Å²) in [6.07, 6.45) is 0.639. The van der Waals surface area contributed by atoms with Gasteiger partial charge in [0.15, 0.2) is 6.29 Å². The molecule has 2 rings (SSSR count). The lowest BCUT2D eigenvalue weighted by Gasteiger charge is -2.40. The van der Waals surface area contributed by atoms with E-state index in [1.807, 2.05) is 0 Å². The summed E-state index contributed by atoms with van der Waals surface area (Å²) in [5.74, 6) is 0. The zero-order valence-electron chi connectivity index (χ0n) is 13.1. The van der Waals surface area contributed by atoms with Gasteiger partial charge in [0.25, 0.3) is 0 Å². The van der Waals surface area contributed by atoms with Crippen LogP contribution in [0.15, 0.2) is 30.3 Å². The van der Waals surface area contributed by atoms with Gasteiger partial charge in [-0.05, 0) is 12.1 Å². The predicted octanol–water partition coefficient (Wildman–Crippen LogP) is 1.14. The van der Waals surface area contributed by atoms with Crippen LogP contribution in [0.2, 0.25) is 0 Å². The van der Waals surface area contributed by atoms with Gasteiger partial charge in [0, 0.05) is 65.1 Å². The lowest BCUT2D eigenvalue weighted by molar-refractivity contribution is -0.116. The Hall–Kier alpha value is -1.14. The maximum absolute atomic E-state index is 5.94. The number of rotatable bonds is 7. The molecule has 5 nitrogen and oxygen atoms in total. The summed E-state index contributed by atoms with van der Waals surface area (Å²) < 4.78 is 10.6. The first kappa shape index (κ1) is 16.2. The number of nitrogens with two attached hydrogens (primary N) is 1. The van der Waals surface area contributed by atoms with Crippen molar-refractivity contribution >= 4 is 5.69 Å². The van der Waals surface area contributed by atoms with Gasteiger partial charge in [-0.1, -0.05) is 18.2 Å². The molecule has 0 spiro atoms. The van der Waals surface area contributed by atoms with E-state index >= 15 is 0 Å². The Morgan fingerprint density at radius 1 is 1.05 bits per heavy atom. The molecule has 21 heavy (non-hydrogen) atoms. The van der Waals surface area contributed by atoms with Crippen molar-refractivity contribution in [3.8, 4) is 0 Å². The van der Waals surface area contributed by atoms with E-state index in [1.54, 1.807) is 14.2 Å². The summed E-state index contributed by atoms with van der Waals surface area (Å²) >= 11 is 0. The number of piperazine rings is 1. The van der Waals surface area contributed by atoms with Crippen LogP contribution in [0.25, 0.3) is 0 Å². The highest BCUT2D eigenvalue weighted by atomic mass is 16.7. The molecule has 5 heteroatoms. The van der Waals surface area contributed by atoms with Crippen molar-refractivity contribution in [2.45, 2.75) is 18.8 Å². The van der Waals surface area contributed by atoms with Gasteiger partial charge >= 0.3 is 0 Å². The van der Waals surface area contributed by atoms with Gasteiger partial charge < -0.3 is 20.1 Å². The zero-order valence-corrected chi connectivity index (χ0v) is 13.1. The third-order valence-electron chi connectivity index (χ3n) is 4.21. The first-order valence-corrected chi connectivity index (χ1v) is 7.58. The highest BCUT2D eigenvalue weighted by Crippen LogP contribution is 2.18. The number of para-hydroxylation sites is 1. The largest absolute Gasteiger partial charge is 0.369 e. The van der Waals surface area contributed by atoms with Crippen LogP contribution in [-0.4, -0.2) is 64.2 Å². The van der Waals surface area contributed by atoms with E-state index in [1.165, 1.54) is 5.69 Å². The Bertz CT molecular complexity index is 390. The van der Waals surface area contributed by atoms with Crippen molar-refractivity contribution in [1.29, 1.82) is 0 Å². The van der Waals surface area contributed by atoms with E-state index in [9.17, 15) is 0 Å². The molecule has 0 amide bonds. The highest BCUT2D eigenvalue weighted by Gasteiger charge is 2.25. The van der Waals surface area contributed by atoms with Crippen molar-refractivity contribution in [1.82, 2.24) is 4.90 Å². The second-order valence-electron chi connectivity index (χ2n) is 5.38. The van der Waals surface area contributed by atoms with Crippen molar-refractivity contribution in [2.24, 2.45) is 5.73 Å². The Kier molecular flexibility index (Phi) is 6.45. The van der Waals surface area contributed by atoms with Crippen molar-refractivity contribution in [2.75, 3.05) is 51.8 Å². The Morgan fingerprint density at radius 2 is 1.67 bits per heavy atom. The molecule has 0 aromatic heterocycles. The SMILES string of the molecule is COC(CC(CN)N1CCN(c2ccccc2)CC1)OC. The minimum atomic E-state index is -0.175. The molecule has 2 N–H and O–H groups in total. The van der Waals surface area contributed by atoms with Crippen LogP contribution in [0, 0.1) is 0 Å². The minimum Gasteiger partial charge on any atom is -0.369 e. The normalized spacial score (nSPS) is 18.2. The topological polar surface area (TPSA) is 51.0 Å². The minimum absolute atomic E-state index is 0.175. The molecule has 0 bridgehead atoms. The van der Waals surface area contributed by atoms with E-state index in [0.29, 0.717) is 12.6 Å². The lowest BCUT2D eigenvalue weighted by atomic mass is 10.1. The van der Waals surface area contributed by atoms with E-state index in [4.69, 9.17) is 15.2 Å². The summed E-state index contributed by atoms with van der Waals surface area (Å²) in [6, 6.07) is 10.9. The number of ether oxygens (including phenoxy) is 2. The summed E-state index contributed by atoms with van der Waals surface area (Å²) in [7, 11) is 3.35. The molecule has 118 valence electrons. The van der Waals surface area contributed by atoms with Crippen LogP contribution in [0.5, 0.6) is 0 Å². The molecule has 1 aliphatic rings. The van der Waals surface area contributed by atoms with Gasteiger partial charge in [-0.15, -0.1) is 0 Å². The van der Waals surface area contributed by atoms with Gasteiger partial charge in [-0.2, -0.15) is 0 Å². The number of hydrogen-bond donors (Lipinski definition) is 1. The van der Waals surface area contributed by atoms with Crippen molar-refractivity contribution < 1.29 is 9.47 Å². The fourth-order valence-corrected chi connectivity index (χ4v) is 2.89. The first-order chi connectivity index (χ1) is 10.3. The first-order valence-electron chi connectivity index (χ1n) is 7.58. The number of methoxy groups -OCH3 is 2. The second-order valence-corrected chi connectivity index (χ2v) is 5.38. The standard InChI is InChI=1S/C16H27N3O2/c1-20-16(21-2)12-15(13-17)19-10-8-18(9-11-19)14-6-4-3-5-7-14/h3-7,15-16H,8-13,17H2,1-2H3. The van der Waals surface area contributed by atoms with Crippen molar-refractivity contribution in [3.63, 3.8) is 0 Å². The van der Waals surface area contributed by atoms with Crippen LogP contribution >= 0.6 is 0 Å². The Morgan fingerprint density at radius 3 is 2.19 bits per heavy atom. The summed E-state index contributed by atoms with van der Waals surface area (Å²) in [4.78, 5) is 4.87. The molecule has 0 aliphatic carbocycles. The number of nitrogens with zero attached hydrogens (tertiary/aromatic N) is 2. The van der Waals surface area contributed by atoms with Gasteiger partial charge in [0.05, 0.1) is 0 Å². The third-order valence-corrected chi connectivity index (χ3v) is 4.21. The summed E-state index contributed by atoms with van der Waals surface area (Å²) in [6.45, 7) is 4.75. The molecule has 0 radical (unpaired) electrons. The molecular weight excluding hydrogens is 266 g/mol. The maximum Gasteiger partial charge on any atom is 0.158 e. The summed E-state index contributed by atoms with van der Waals surface area (Å²) in [5, 5.41) is 0. The zero-order chi connectivity index (χ0) is 15.1. The second kappa shape index (κ2) is 8.34. The highest BCUT2D eigenvalue weighted by molar-refractivity contribution is 5.46. The molecule has 0 saturated carbocycles. The van der Waals surface area contributed by atoms with Gasteiger partial charge in [-0.3, -0.25) is 4.90 Å². The van der Waals surface area contributed by atoms with Crippen LogP contribution in [-0.2, 0) is 9.47 Å². The average Bonchev–Trinajstić information content (AvgIpc) is 2.57. The Labute approximate surface area is 127 Å². The number of hydrogen-bond acceptors (Lipinski definition) is 5. The quantitative estimate of drug-likeness (QED) is 0.764. The van der Waals surface area contributed by atoms with E-state index < -0.39 is 0 Å². The summed E-state index contributed by atoms with van der Waals surface area (Å²) in [5.41, 5.74) is 7.24. The van der Waals surface area contributed by atoms with Crippen LogP contribution in [0.1, 0.15) is 6.42 Å². The molecule has 1 unspecified atom stereocenters. The van der Waals surface area contributed by atoms with Crippen LogP contribution in [0.4, 0.5) is 5.69 Å². The molecule has 1 aromatic rings. The molecule has 1 aliphatic heterocycles. The smallest absolute Gasteiger partial charge is 0.158 e. The molecule has 1 heterocycles. The fraction of sp³-hybridized carbons (Fsp3) is 0.625. The van der Waals surface area contributed by atoms with Gasteiger partial charge in [-0.25, -0.2) is 0 Å². The average molecular weight is 293 g/mol. The lowest BCUT2D eigenvalue weighted by Crippen LogP contribution is -2.53. The number of anilines is 1. The monoisotopic (exact) mass is 293 g/mol. The van der Waals surface area contributed by atoms with E-state index in [0.717, 1.165) is 32.6 Å². The molecule has 1 atom stereocenters.